The number of allylic oxidation sites excluding steroid dienone is 2. The van der Waals surface area contributed by atoms with Crippen LogP contribution in [0.2, 0.25) is 0 Å². The van der Waals surface area contributed by atoms with Crippen LogP contribution in [0, 0.1) is 5.92 Å². The molecule has 0 saturated heterocycles. The first-order valence-electron chi connectivity index (χ1n) is 6.32. The minimum absolute atomic E-state index is 0.305. The highest BCUT2D eigenvalue weighted by atomic mass is 16.6. The minimum atomic E-state index is -0.519. The van der Waals surface area contributed by atoms with Gasteiger partial charge in [-0.2, -0.15) is 0 Å². The smallest absolute Gasteiger partial charge is 0.344 e. The van der Waals surface area contributed by atoms with Crippen LogP contribution in [0.3, 0.4) is 0 Å². The van der Waals surface area contributed by atoms with Gasteiger partial charge in [-0.1, -0.05) is 11.6 Å². The quantitative estimate of drug-likeness (QED) is 0.571. The third-order valence-corrected chi connectivity index (χ3v) is 3.39. The van der Waals surface area contributed by atoms with Gasteiger partial charge in [0.1, 0.15) is 5.60 Å². The van der Waals surface area contributed by atoms with Crippen LogP contribution in [-0.2, 0) is 19.1 Å². The van der Waals surface area contributed by atoms with Gasteiger partial charge < -0.3 is 9.47 Å². The Kier molecular flexibility index (Phi) is 4.93. The molecule has 0 aromatic heterocycles. The van der Waals surface area contributed by atoms with E-state index in [-0.39, 0.29) is 6.61 Å². The maximum atomic E-state index is 11.6. The Hall–Kier alpha value is -1.32. The Bertz CT molecular complexity index is 355. The summed E-state index contributed by atoms with van der Waals surface area (Å²) in [5, 5.41) is 0. The van der Waals surface area contributed by atoms with E-state index in [4.69, 9.17) is 4.74 Å². The molecule has 0 N–H and O–H groups in total. The highest BCUT2D eigenvalue weighted by Gasteiger charge is 2.33. The van der Waals surface area contributed by atoms with Gasteiger partial charge >= 0.3 is 11.9 Å². The van der Waals surface area contributed by atoms with Crippen LogP contribution in [0.15, 0.2) is 11.6 Å². The summed E-state index contributed by atoms with van der Waals surface area (Å²) in [6.07, 6.45) is 5.21. The predicted octanol–water partition coefficient (Wildman–Crippen LogP) is 2.62. The molecule has 0 bridgehead atoms. The summed E-state index contributed by atoms with van der Waals surface area (Å²) < 4.78 is 10.0. The van der Waals surface area contributed by atoms with E-state index >= 15 is 0 Å². The van der Waals surface area contributed by atoms with E-state index in [1.807, 2.05) is 13.8 Å². The Morgan fingerprint density at radius 2 is 2.11 bits per heavy atom. The van der Waals surface area contributed by atoms with E-state index < -0.39 is 17.5 Å². The van der Waals surface area contributed by atoms with Crippen molar-refractivity contribution in [2.45, 2.75) is 52.6 Å². The third kappa shape index (κ3) is 4.51. The maximum absolute atomic E-state index is 11.6. The lowest BCUT2D eigenvalue weighted by molar-refractivity contribution is -0.171. The monoisotopic (exact) mass is 254 g/mol. The summed E-state index contributed by atoms with van der Waals surface area (Å²) in [4.78, 5) is 22.2. The number of carbonyl (C=O) groups is 2. The second-order valence-electron chi connectivity index (χ2n) is 5.38. The average Bonchev–Trinajstić information content (AvgIpc) is 2.26. The molecule has 0 aromatic carbocycles. The van der Waals surface area contributed by atoms with Gasteiger partial charge in [0.15, 0.2) is 6.61 Å². The first-order chi connectivity index (χ1) is 8.31. The maximum Gasteiger partial charge on any atom is 0.344 e. The van der Waals surface area contributed by atoms with Crippen LogP contribution >= 0.6 is 0 Å². The van der Waals surface area contributed by atoms with Gasteiger partial charge in [0.2, 0.25) is 0 Å². The molecular weight excluding hydrogens is 232 g/mol. The highest BCUT2D eigenvalue weighted by Crippen LogP contribution is 2.34. The zero-order chi connectivity index (χ0) is 13.8. The molecule has 18 heavy (non-hydrogen) atoms. The Balaban J connectivity index is 2.48. The highest BCUT2D eigenvalue weighted by molar-refractivity contribution is 5.75. The van der Waals surface area contributed by atoms with E-state index in [1.54, 1.807) is 0 Å². The third-order valence-electron chi connectivity index (χ3n) is 3.39. The molecule has 0 aliphatic heterocycles. The topological polar surface area (TPSA) is 52.6 Å². The van der Waals surface area contributed by atoms with Crippen molar-refractivity contribution in [1.29, 1.82) is 0 Å². The summed E-state index contributed by atoms with van der Waals surface area (Å²) in [5.41, 5.74) is 0.877. The number of ether oxygens (including phenoxy) is 2. The van der Waals surface area contributed by atoms with Crippen LogP contribution < -0.4 is 0 Å². The molecule has 1 atom stereocenters. The van der Waals surface area contributed by atoms with Crippen molar-refractivity contribution in [1.82, 2.24) is 0 Å². The molecule has 4 nitrogen and oxygen atoms in total. The summed E-state index contributed by atoms with van der Waals surface area (Å²) >= 11 is 0. The second kappa shape index (κ2) is 6.03. The normalized spacial score (nSPS) is 20.0. The lowest BCUT2D eigenvalue weighted by atomic mass is 9.79. The van der Waals surface area contributed by atoms with Gasteiger partial charge in [0, 0.05) is 12.8 Å². The first kappa shape index (κ1) is 14.7. The fourth-order valence-electron chi connectivity index (χ4n) is 2.16. The molecule has 0 amide bonds. The fourth-order valence-corrected chi connectivity index (χ4v) is 2.16. The molecule has 0 fully saturated rings. The Morgan fingerprint density at radius 1 is 1.44 bits per heavy atom. The second-order valence-corrected chi connectivity index (χ2v) is 5.38. The van der Waals surface area contributed by atoms with Crippen molar-refractivity contribution in [3.63, 3.8) is 0 Å². The molecule has 0 heterocycles. The molecular formula is C14H22O4. The number of carbonyl (C=O) groups excluding carboxylic acids is 2. The predicted molar refractivity (Wildman–Crippen MR) is 67.9 cm³/mol. The summed E-state index contributed by atoms with van der Waals surface area (Å²) in [6, 6.07) is 0. The van der Waals surface area contributed by atoms with Crippen molar-refractivity contribution in [2.24, 2.45) is 5.92 Å². The number of hydrogen-bond acceptors (Lipinski definition) is 4. The Morgan fingerprint density at radius 3 is 2.61 bits per heavy atom. The largest absolute Gasteiger partial charge is 0.457 e. The molecule has 4 heteroatoms. The minimum Gasteiger partial charge on any atom is -0.457 e. The number of esters is 2. The zero-order valence-corrected chi connectivity index (χ0v) is 11.6. The average molecular weight is 254 g/mol. The van der Waals surface area contributed by atoms with Crippen LogP contribution in [0.25, 0.3) is 0 Å². The number of rotatable bonds is 4. The van der Waals surface area contributed by atoms with Crippen LogP contribution in [0.5, 0.6) is 0 Å². The molecule has 1 aliphatic carbocycles. The van der Waals surface area contributed by atoms with Gasteiger partial charge in [-0.15, -0.1) is 0 Å². The van der Waals surface area contributed by atoms with Gasteiger partial charge in [-0.05, 0) is 40.0 Å². The molecule has 0 aromatic rings. The molecule has 0 radical (unpaired) electrons. The fraction of sp³-hybridized carbons (Fsp3) is 0.714. The zero-order valence-electron chi connectivity index (χ0n) is 11.6. The molecule has 0 spiro atoms. The van der Waals surface area contributed by atoms with Gasteiger partial charge in [-0.25, -0.2) is 4.79 Å². The van der Waals surface area contributed by atoms with E-state index in [9.17, 15) is 9.59 Å². The van der Waals surface area contributed by atoms with Crippen molar-refractivity contribution in [3.8, 4) is 0 Å². The molecule has 1 aliphatic rings. The van der Waals surface area contributed by atoms with Crippen molar-refractivity contribution >= 4 is 11.9 Å². The standard InChI is InChI=1S/C14H22O4/c1-10-5-7-12(8-6-10)14(3,4)18-13(16)9-17-11(2)15/h5,12H,6-9H2,1-4H3. The van der Waals surface area contributed by atoms with E-state index in [1.165, 1.54) is 12.5 Å². The SMILES string of the molecule is CC(=O)OCC(=O)OC(C)(C)C1CC=C(C)CC1. The summed E-state index contributed by atoms with van der Waals surface area (Å²) in [7, 11) is 0. The van der Waals surface area contributed by atoms with Crippen LogP contribution in [0.4, 0.5) is 0 Å². The lowest BCUT2D eigenvalue weighted by Crippen LogP contribution is -2.38. The van der Waals surface area contributed by atoms with E-state index in [0.29, 0.717) is 5.92 Å². The van der Waals surface area contributed by atoms with Gasteiger partial charge in [0.25, 0.3) is 0 Å². The van der Waals surface area contributed by atoms with Crippen LogP contribution in [-0.4, -0.2) is 24.1 Å². The molecule has 1 rings (SSSR count). The summed E-state index contributed by atoms with van der Waals surface area (Å²) in [5.74, 6) is -0.634. The summed E-state index contributed by atoms with van der Waals surface area (Å²) in [6.45, 7) is 6.92. The number of hydrogen-bond donors (Lipinski definition) is 0. The molecule has 102 valence electrons. The van der Waals surface area contributed by atoms with Gasteiger partial charge in [-0.3, -0.25) is 4.79 Å². The van der Waals surface area contributed by atoms with Crippen molar-refractivity contribution in [2.75, 3.05) is 6.61 Å². The lowest BCUT2D eigenvalue weighted by Gasteiger charge is -2.35. The van der Waals surface area contributed by atoms with E-state index in [0.717, 1.165) is 19.3 Å². The van der Waals surface area contributed by atoms with Gasteiger partial charge in [0.05, 0.1) is 0 Å². The van der Waals surface area contributed by atoms with E-state index in [2.05, 4.69) is 17.7 Å². The van der Waals surface area contributed by atoms with Crippen molar-refractivity contribution in [3.05, 3.63) is 11.6 Å². The molecule has 0 saturated carbocycles. The van der Waals surface area contributed by atoms with Crippen molar-refractivity contribution < 1.29 is 19.1 Å². The van der Waals surface area contributed by atoms with Crippen LogP contribution in [0.1, 0.15) is 47.0 Å². The molecule has 1 unspecified atom stereocenters. The Labute approximate surface area is 108 Å². The first-order valence-corrected chi connectivity index (χ1v) is 6.32.